The van der Waals surface area contributed by atoms with Crippen molar-refractivity contribution < 1.29 is 48.7 Å². The first-order valence-corrected chi connectivity index (χ1v) is 13.5. The molecule has 5 N–H and O–H groups in total. The topological polar surface area (TPSA) is 211 Å². The van der Waals surface area contributed by atoms with Gasteiger partial charge in [0.2, 0.25) is 0 Å². The minimum Gasteiger partial charge on any atom is -0.481 e. The van der Waals surface area contributed by atoms with Crippen molar-refractivity contribution in [3.05, 3.63) is 11.9 Å². The van der Waals surface area contributed by atoms with E-state index in [0.717, 1.165) is 5.69 Å². The van der Waals surface area contributed by atoms with Crippen molar-refractivity contribution in [3.8, 4) is 0 Å². The lowest BCUT2D eigenvalue weighted by Crippen LogP contribution is -2.51. The molecule has 0 aromatic carbocycles. The van der Waals surface area contributed by atoms with Crippen molar-refractivity contribution in [2.45, 2.75) is 102 Å². The molecule has 1 aromatic heterocycles. The van der Waals surface area contributed by atoms with E-state index in [1.54, 1.807) is 11.8 Å². The van der Waals surface area contributed by atoms with Crippen molar-refractivity contribution >= 4 is 23.9 Å². The highest BCUT2D eigenvalue weighted by Gasteiger charge is 2.26. The number of carboxylic acid groups (broad SMARTS) is 3. The van der Waals surface area contributed by atoms with E-state index in [0.29, 0.717) is 52.0 Å². The van der Waals surface area contributed by atoms with Gasteiger partial charge in [-0.25, -0.2) is 14.4 Å². The molecule has 0 unspecified atom stereocenters. The third-order valence-electron chi connectivity index (χ3n) is 6.15. The zero-order valence-electron chi connectivity index (χ0n) is 24.6. The van der Waals surface area contributed by atoms with E-state index < -0.39 is 48.0 Å². The summed E-state index contributed by atoms with van der Waals surface area (Å²) in [5.41, 5.74) is -0.0553. The summed E-state index contributed by atoms with van der Waals surface area (Å²) in [5.74, 6) is -3.89. The maximum atomic E-state index is 12.1. The van der Waals surface area contributed by atoms with Crippen LogP contribution < -0.4 is 10.6 Å². The van der Waals surface area contributed by atoms with Crippen molar-refractivity contribution in [3.63, 3.8) is 0 Å². The molecule has 0 fully saturated rings. The van der Waals surface area contributed by atoms with Crippen LogP contribution in [0.5, 0.6) is 0 Å². The van der Waals surface area contributed by atoms with Gasteiger partial charge in [0.15, 0.2) is 0 Å². The average Bonchev–Trinajstić information content (AvgIpc) is 3.29. The first kappa shape index (κ1) is 35.7. The molecule has 2 atom stereocenters. The third-order valence-corrected chi connectivity index (χ3v) is 6.15. The van der Waals surface area contributed by atoms with Crippen LogP contribution in [0.15, 0.2) is 6.20 Å². The van der Waals surface area contributed by atoms with Crippen LogP contribution >= 0.6 is 0 Å². The van der Waals surface area contributed by atoms with E-state index in [2.05, 4.69) is 20.9 Å². The molecule has 0 saturated heterocycles. The summed E-state index contributed by atoms with van der Waals surface area (Å²) in [6, 6.07) is -3.70. The summed E-state index contributed by atoms with van der Waals surface area (Å²) in [7, 11) is 1.63. The Morgan fingerprint density at radius 3 is 2.10 bits per heavy atom. The highest BCUT2D eigenvalue weighted by molar-refractivity contribution is 5.86. The van der Waals surface area contributed by atoms with Crippen LogP contribution in [0.2, 0.25) is 0 Å². The highest BCUT2D eigenvalue weighted by Crippen LogP contribution is 2.20. The fourth-order valence-electron chi connectivity index (χ4n) is 3.83. The molecule has 0 bridgehead atoms. The zero-order valence-corrected chi connectivity index (χ0v) is 24.6. The number of methoxy groups -OCH3 is 1. The predicted molar refractivity (Wildman–Crippen MR) is 146 cm³/mol. The molecular formula is C26H45N5O10. The first-order valence-electron chi connectivity index (χ1n) is 13.5. The van der Waals surface area contributed by atoms with Crippen LogP contribution in [-0.4, -0.2) is 104 Å². The SMILES string of the molecule is COCCOC(C)(C)CCOC(C)(C)Cc1cn(CCCC[C@H](NC(=O)N[C@@H](CCC(=O)O)C(=O)O)C(=O)O)nn1. The van der Waals surface area contributed by atoms with Crippen LogP contribution in [0.1, 0.15) is 71.9 Å². The van der Waals surface area contributed by atoms with E-state index in [-0.39, 0.29) is 18.4 Å². The maximum absolute atomic E-state index is 12.1. The molecule has 0 saturated carbocycles. The highest BCUT2D eigenvalue weighted by atomic mass is 16.5. The van der Waals surface area contributed by atoms with Gasteiger partial charge in [0.25, 0.3) is 0 Å². The molecule has 2 amide bonds. The van der Waals surface area contributed by atoms with Gasteiger partial charge in [-0.15, -0.1) is 5.10 Å². The standard InChI is InChI=1S/C26H45N5O10/c1-25(2,41-15-14-39-5)11-13-40-26(3,4)16-18-17-31(30-29-18)12-7-6-8-19(22(34)35)27-24(38)28-20(23(36)37)9-10-21(32)33/h17,19-20H,6-16H2,1-5H3,(H,32,33)(H,34,35)(H,36,37)(H2,27,28,38)/t19-,20-/m0/s1. The smallest absolute Gasteiger partial charge is 0.326 e. The largest absolute Gasteiger partial charge is 0.481 e. The summed E-state index contributed by atoms with van der Waals surface area (Å²) in [6.07, 6.45) is 3.37. The molecule has 15 heteroatoms. The first-order chi connectivity index (χ1) is 19.1. The van der Waals surface area contributed by atoms with Gasteiger partial charge in [-0.05, 0) is 59.8 Å². The van der Waals surface area contributed by atoms with E-state index in [9.17, 15) is 24.3 Å². The zero-order chi connectivity index (χ0) is 31.1. The Kier molecular flexibility index (Phi) is 15.2. The molecule has 0 spiro atoms. The van der Waals surface area contributed by atoms with E-state index in [4.69, 9.17) is 24.4 Å². The van der Waals surface area contributed by atoms with Crippen molar-refractivity contribution in [1.82, 2.24) is 25.6 Å². The molecule has 0 aliphatic heterocycles. The Labute approximate surface area is 239 Å². The third kappa shape index (κ3) is 15.9. The summed E-state index contributed by atoms with van der Waals surface area (Å²) in [4.78, 5) is 45.6. The van der Waals surface area contributed by atoms with Crippen LogP contribution in [0.3, 0.4) is 0 Å². The molecule has 1 rings (SSSR count). The number of carbonyl (C=O) groups is 4. The maximum Gasteiger partial charge on any atom is 0.326 e. The van der Waals surface area contributed by atoms with Crippen molar-refractivity contribution in [2.75, 3.05) is 26.9 Å². The van der Waals surface area contributed by atoms with Crippen LogP contribution in [0.4, 0.5) is 4.79 Å². The number of rotatable bonds is 22. The number of carboxylic acids is 3. The van der Waals surface area contributed by atoms with Gasteiger partial charge < -0.3 is 40.2 Å². The average molecular weight is 588 g/mol. The van der Waals surface area contributed by atoms with Crippen molar-refractivity contribution in [1.29, 1.82) is 0 Å². The molecule has 234 valence electrons. The lowest BCUT2D eigenvalue weighted by atomic mass is 10.0. The molecule has 0 aliphatic rings. The minimum atomic E-state index is -1.45. The molecule has 41 heavy (non-hydrogen) atoms. The van der Waals surface area contributed by atoms with E-state index in [1.165, 1.54) is 0 Å². The minimum absolute atomic E-state index is 0.101. The van der Waals surface area contributed by atoms with Crippen LogP contribution in [0, 0.1) is 0 Å². The monoisotopic (exact) mass is 587 g/mol. The number of hydrogen-bond donors (Lipinski definition) is 5. The molecular weight excluding hydrogens is 542 g/mol. The fourth-order valence-corrected chi connectivity index (χ4v) is 3.83. The number of hydrogen-bond acceptors (Lipinski definition) is 9. The van der Waals surface area contributed by atoms with E-state index >= 15 is 0 Å². The molecule has 1 aromatic rings. The Balaban J connectivity index is 2.46. The Bertz CT molecular complexity index is 982. The lowest BCUT2D eigenvalue weighted by molar-refractivity contribution is -0.140. The number of nitrogens with zero attached hydrogens (tertiary/aromatic N) is 3. The fraction of sp³-hybridized carbons (Fsp3) is 0.769. The summed E-state index contributed by atoms with van der Waals surface area (Å²) >= 11 is 0. The van der Waals surface area contributed by atoms with Crippen LogP contribution in [-0.2, 0) is 41.6 Å². The Morgan fingerprint density at radius 1 is 0.902 bits per heavy atom. The summed E-state index contributed by atoms with van der Waals surface area (Å²) < 4.78 is 18.6. The molecule has 15 nitrogen and oxygen atoms in total. The number of amides is 2. The number of unbranched alkanes of at least 4 members (excludes halogenated alkanes) is 1. The normalized spacial score (nSPS) is 13.4. The summed E-state index contributed by atoms with van der Waals surface area (Å²) in [6.45, 7) is 10.0. The van der Waals surface area contributed by atoms with Gasteiger partial charge in [-0.3, -0.25) is 9.48 Å². The Hall–Kier alpha value is -3.30. The number of nitrogens with one attached hydrogen (secondary N) is 2. The molecule has 1 heterocycles. The molecule has 0 radical (unpaired) electrons. The predicted octanol–water partition coefficient (Wildman–Crippen LogP) is 1.69. The van der Waals surface area contributed by atoms with Gasteiger partial charge in [-0.1, -0.05) is 5.21 Å². The second kappa shape index (κ2) is 17.5. The number of urea groups is 1. The quantitative estimate of drug-likeness (QED) is 0.123. The van der Waals surface area contributed by atoms with Gasteiger partial charge >= 0.3 is 23.9 Å². The second-order valence-corrected chi connectivity index (χ2v) is 10.9. The van der Waals surface area contributed by atoms with Gasteiger partial charge in [0.05, 0.1) is 36.7 Å². The lowest BCUT2D eigenvalue weighted by Gasteiger charge is -2.29. The molecule has 0 aliphatic carbocycles. The number of ether oxygens (including phenoxy) is 3. The van der Waals surface area contributed by atoms with Crippen LogP contribution in [0.25, 0.3) is 0 Å². The van der Waals surface area contributed by atoms with Gasteiger partial charge in [-0.2, -0.15) is 0 Å². The van der Waals surface area contributed by atoms with Gasteiger partial charge in [0.1, 0.15) is 12.1 Å². The number of aliphatic carboxylic acids is 3. The summed E-state index contributed by atoms with van der Waals surface area (Å²) in [5, 5.41) is 40.0. The number of aryl methyl sites for hydroxylation is 1. The second-order valence-electron chi connectivity index (χ2n) is 10.9. The number of aromatic nitrogens is 3. The van der Waals surface area contributed by atoms with Gasteiger partial charge in [0, 0.05) is 32.7 Å². The van der Waals surface area contributed by atoms with E-state index in [1.807, 2.05) is 33.9 Å². The van der Waals surface area contributed by atoms with Crippen molar-refractivity contribution in [2.24, 2.45) is 0 Å². The Morgan fingerprint density at radius 2 is 1.51 bits per heavy atom. The number of carbonyl (C=O) groups excluding carboxylic acids is 1.